The fourth-order valence-corrected chi connectivity index (χ4v) is 2.13. The van der Waals surface area contributed by atoms with Gasteiger partial charge in [0.15, 0.2) is 0 Å². The zero-order valence-electron chi connectivity index (χ0n) is 14.3. The van der Waals surface area contributed by atoms with Crippen LogP contribution in [0.2, 0.25) is 0 Å². The SMILES string of the molecule is Cc1nc(N)ccc1Oc1ccnc(N(CC(C)(C)C)C(=O)O)c1. The minimum absolute atomic E-state index is 0.200. The van der Waals surface area contributed by atoms with E-state index in [1.54, 1.807) is 31.2 Å². The summed E-state index contributed by atoms with van der Waals surface area (Å²) < 4.78 is 5.79. The maximum absolute atomic E-state index is 11.6. The molecule has 2 aromatic heterocycles. The first-order valence-corrected chi connectivity index (χ1v) is 7.53. The van der Waals surface area contributed by atoms with Crippen LogP contribution >= 0.6 is 0 Å². The van der Waals surface area contributed by atoms with E-state index in [2.05, 4.69) is 9.97 Å². The summed E-state index contributed by atoms with van der Waals surface area (Å²) in [6.07, 6.45) is 0.462. The monoisotopic (exact) mass is 330 g/mol. The number of aromatic nitrogens is 2. The van der Waals surface area contributed by atoms with E-state index >= 15 is 0 Å². The van der Waals surface area contributed by atoms with Crippen molar-refractivity contribution in [3.8, 4) is 11.5 Å². The lowest BCUT2D eigenvalue weighted by molar-refractivity contribution is 0.198. The molecule has 1 amide bonds. The summed E-state index contributed by atoms with van der Waals surface area (Å²) in [7, 11) is 0. The topological polar surface area (TPSA) is 102 Å². The van der Waals surface area contributed by atoms with Crippen LogP contribution in [0.25, 0.3) is 0 Å². The summed E-state index contributed by atoms with van der Waals surface area (Å²) in [6, 6.07) is 6.63. The van der Waals surface area contributed by atoms with Gasteiger partial charge in [-0.05, 0) is 30.5 Å². The zero-order chi connectivity index (χ0) is 17.9. The largest absolute Gasteiger partial charge is 0.465 e. The van der Waals surface area contributed by atoms with Crippen molar-refractivity contribution >= 4 is 17.7 Å². The van der Waals surface area contributed by atoms with E-state index in [0.717, 1.165) is 0 Å². The van der Waals surface area contributed by atoms with Gasteiger partial charge in [-0.15, -0.1) is 0 Å². The number of nitrogen functional groups attached to an aromatic ring is 1. The Morgan fingerprint density at radius 1 is 1.33 bits per heavy atom. The van der Waals surface area contributed by atoms with Crippen LogP contribution in [0.15, 0.2) is 30.5 Å². The Labute approximate surface area is 141 Å². The lowest BCUT2D eigenvalue weighted by Gasteiger charge is -2.27. The highest BCUT2D eigenvalue weighted by atomic mass is 16.5. The molecule has 0 aliphatic carbocycles. The molecule has 0 atom stereocenters. The molecule has 0 saturated carbocycles. The molecule has 0 spiro atoms. The van der Waals surface area contributed by atoms with Crippen molar-refractivity contribution < 1.29 is 14.6 Å². The number of carbonyl (C=O) groups is 1. The van der Waals surface area contributed by atoms with Crippen molar-refractivity contribution in [2.24, 2.45) is 5.41 Å². The van der Waals surface area contributed by atoms with Gasteiger partial charge >= 0.3 is 6.09 Å². The fraction of sp³-hybridized carbons (Fsp3) is 0.353. The molecule has 2 aromatic rings. The molecule has 0 bridgehead atoms. The van der Waals surface area contributed by atoms with E-state index in [-0.39, 0.29) is 5.41 Å². The lowest BCUT2D eigenvalue weighted by atomic mass is 9.96. The molecule has 0 fully saturated rings. The number of nitrogens with two attached hydrogens (primary N) is 1. The van der Waals surface area contributed by atoms with Crippen LogP contribution < -0.4 is 15.4 Å². The molecular weight excluding hydrogens is 308 g/mol. The number of hydrogen-bond acceptors (Lipinski definition) is 5. The van der Waals surface area contributed by atoms with Gasteiger partial charge in [-0.2, -0.15) is 0 Å². The average molecular weight is 330 g/mol. The van der Waals surface area contributed by atoms with Crippen molar-refractivity contribution in [3.05, 3.63) is 36.2 Å². The molecule has 0 aromatic carbocycles. The van der Waals surface area contributed by atoms with Gasteiger partial charge in [0.05, 0.1) is 5.69 Å². The highest BCUT2D eigenvalue weighted by Gasteiger charge is 2.23. The minimum atomic E-state index is -1.06. The van der Waals surface area contributed by atoms with E-state index in [1.165, 1.54) is 11.1 Å². The number of anilines is 2. The van der Waals surface area contributed by atoms with E-state index in [0.29, 0.717) is 35.4 Å². The zero-order valence-corrected chi connectivity index (χ0v) is 14.3. The van der Waals surface area contributed by atoms with Gasteiger partial charge in [-0.1, -0.05) is 20.8 Å². The molecule has 3 N–H and O–H groups in total. The van der Waals surface area contributed by atoms with Crippen molar-refractivity contribution in [2.75, 3.05) is 17.2 Å². The van der Waals surface area contributed by atoms with Crippen LogP contribution in [0.3, 0.4) is 0 Å². The Hall–Kier alpha value is -2.83. The number of hydrogen-bond donors (Lipinski definition) is 2. The van der Waals surface area contributed by atoms with E-state index < -0.39 is 6.09 Å². The highest BCUT2D eigenvalue weighted by Crippen LogP contribution is 2.28. The molecule has 7 nitrogen and oxygen atoms in total. The molecular formula is C17H22N4O3. The molecule has 2 heterocycles. The Morgan fingerprint density at radius 2 is 2.04 bits per heavy atom. The summed E-state index contributed by atoms with van der Waals surface area (Å²) in [6.45, 7) is 8.00. The standard InChI is InChI=1S/C17H22N4O3/c1-11-13(5-6-14(18)20-11)24-12-7-8-19-15(9-12)21(16(22)23)10-17(2,3)4/h5-9H,10H2,1-4H3,(H2,18,20)(H,22,23). The maximum Gasteiger partial charge on any atom is 0.413 e. The molecule has 24 heavy (non-hydrogen) atoms. The van der Waals surface area contributed by atoms with Crippen LogP contribution in [0.4, 0.5) is 16.4 Å². The first-order chi connectivity index (χ1) is 11.2. The van der Waals surface area contributed by atoms with Crippen LogP contribution in [0.5, 0.6) is 11.5 Å². The van der Waals surface area contributed by atoms with E-state index in [1.807, 2.05) is 20.8 Å². The predicted octanol–water partition coefficient (Wildman–Crippen LogP) is 3.69. The van der Waals surface area contributed by atoms with E-state index in [4.69, 9.17) is 10.5 Å². The normalized spacial score (nSPS) is 11.2. The smallest absolute Gasteiger partial charge is 0.413 e. The third kappa shape index (κ3) is 4.58. The fourth-order valence-electron chi connectivity index (χ4n) is 2.13. The molecule has 0 aliphatic rings. The summed E-state index contributed by atoms with van der Waals surface area (Å²) in [5.41, 5.74) is 6.08. The molecule has 7 heteroatoms. The number of nitrogens with zero attached hydrogens (tertiary/aromatic N) is 3. The van der Waals surface area contributed by atoms with Crippen LogP contribution in [-0.4, -0.2) is 27.7 Å². The Kier molecular flexibility index (Phi) is 4.92. The number of pyridine rings is 2. The number of amides is 1. The third-order valence-corrected chi connectivity index (χ3v) is 3.14. The number of aryl methyl sites for hydroxylation is 1. The van der Waals surface area contributed by atoms with Gasteiger partial charge in [-0.25, -0.2) is 14.8 Å². The first-order valence-electron chi connectivity index (χ1n) is 7.53. The first kappa shape index (κ1) is 17.5. The Balaban J connectivity index is 2.28. The molecule has 0 saturated heterocycles. The van der Waals surface area contributed by atoms with Crippen molar-refractivity contribution in [1.82, 2.24) is 9.97 Å². The van der Waals surface area contributed by atoms with Crippen molar-refractivity contribution in [2.45, 2.75) is 27.7 Å². The van der Waals surface area contributed by atoms with Gasteiger partial charge in [-0.3, -0.25) is 4.90 Å². The Bertz CT molecular complexity index is 741. The average Bonchev–Trinajstić information content (AvgIpc) is 2.47. The van der Waals surface area contributed by atoms with Gasteiger partial charge in [0.2, 0.25) is 0 Å². The molecule has 0 aliphatic heterocycles. The highest BCUT2D eigenvalue weighted by molar-refractivity contribution is 5.85. The van der Waals surface area contributed by atoms with Crippen molar-refractivity contribution in [3.63, 3.8) is 0 Å². The quantitative estimate of drug-likeness (QED) is 0.886. The number of ether oxygens (including phenoxy) is 1. The number of carboxylic acid groups (broad SMARTS) is 1. The van der Waals surface area contributed by atoms with Gasteiger partial charge in [0.1, 0.15) is 23.1 Å². The minimum Gasteiger partial charge on any atom is -0.465 e. The molecule has 128 valence electrons. The second kappa shape index (κ2) is 6.74. The molecule has 0 unspecified atom stereocenters. The van der Waals surface area contributed by atoms with Gasteiger partial charge < -0.3 is 15.6 Å². The lowest BCUT2D eigenvalue weighted by Crippen LogP contribution is -2.37. The summed E-state index contributed by atoms with van der Waals surface area (Å²) >= 11 is 0. The van der Waals surface area contributed by atoms with Crippen LogP contribution in [0, 0.1) is 12.3 Å². The summed E-state index contributed by atoms with van der Waals surface area (Å²) in [5, 5.41) is 9.47. The maximum atomic E-state index is 11.6. The second-order valence-electron chi connectivity index (χ2n) is 6.70. The molecule has 2 rings (SSSR count). The summed E-state index contributed by atoms with van der Waals surface area (Å²) in [5.74, 6) is 1.77. The predicted molar refractivity (Wildman–Crippen MR) is 92.5 cm³/mol. The van der Waals surface area contributed by atoms with Crippen molar-refractivity contribution in [1.29, 1.82) is 0 Å². The van der Waals surface area contributed by atoms with Crippen LogP contribution in [-0.2, 0) is 0 Å². The van der Waals surface area contributed by atoms with Gasteiger partial charge in [0, 0.05) is 18.8 Å². The van der Waals surface area contributed by atoms with Crippen LogP contribution in [0.1, 0.15) is 26.5 Å². The van der Waals surface area contributed by atoms with Gasteiger partial charge in [0.25, 0.3) is 0 Å². The second-order valence-corrected chi connectivity index (χ2v) is 6.70. The summed E-state index contributed by atoms with van der Waals surface area (Å²) in [4.78, 5) is 21.1. The number of rotatable bonds is 4. The van der Waals surface area contributed by atoms with E-state index in [9.17, 15) is 9.90 Å². The third-order valence-electron chi connectivity index (χ3n) is 3.14. The Morgan fingerprint density at radius 3 is 2.62 bits per heavy atom. The molecule has 0 radical (unpaired) electrons.